The maximum atomic E-state index is 5.42. The lowest BCUT2D eigenvalue weighted by molar-refractivity contribution is 0.190. The first-order chi connectivity index (χ1) is 7.26. The van der Waals surface area contributed by atoms with Gasteiger partial charge in [-0.25, -0.2) is 0 Å². The van der Waals surface area contributed by atoms with Crippen molar-refractivity contribution in [3.8, 4) is 5.75 Å². The topological polar surface area (TPSA) is 30.5 Å². The molecule has 0 aliphatic rings. The lowest BCUT2D eigenvalue weighted by Gasteiger charge is -2.14. The minimum absolute atomic E-state index is 0.298. The molecular weight excluding hydrogens is 190 g/mol. The summed E-state index contributed by atoms with van der Waals surface area (Å²) < 4.78 is 10.5. The van der Waals surface area contributed by atoms with Gasteiger partial charge in [0.2, 0.25) is 0 Å². The largest absolute Gasteiger partial charge is 0.494 e. The van der Waals surface area contributed by atoms with Crippen LogP contribution in [0, 0.1) is 0 Å². The van der Waals surface area contributed by atoms with Crippen LogP contribution in [0.2, 0.25) is 0 Å². The molecule has 15 heavy (non-hydrogen) atoms. The van der Waals surface area contributed by atoms with Crippen LogP contribution < -0.4 is 10.1 Å². The monoisotopic (exact) mass is 209 g/mol. The van der Waals surface area contributed by atoms with Gasteiger partial charge in [-0.05, 0) is 26.0 Å². The van der Waals surface area contributed by atoms with Crippen LogP contribution in [0.3, 0.4) is 0 Å². The molecule has 3 nitrogen and oxygen atoms in total. The third-order valence-electron chi connectivity index (χ3n) is 1.97. The number of benzene rings is 1. The molecule has 1 rings (SSSR count). The third-order valence-corrected chi connectivity index (χ3v) is 1.97. The zero-order chi connectivity index (χ0) is 11.1. The zero-order valence-corrected chi connectivity index (χ0v) is 9.62. The van der Waals surface area contributed by atoms with Gasteiger partial charge in [-0.15, -0.1) is 0 Å². The molecule has 1 N–H and O–H groups in total. The zero-order valence-electron chi connectivity index (χ0n) is 9.62. The highest BCUT2D eigenvalue weighted by Gasteiger charge is 2.01. The van der Waals surface area contributed by atoms with Crippen LogP contribution in [-0.2, 0) is 4.74 Å². The third kappa shape index (κ3) is 4.21. The van der Waals surface area contributed by atoms with Gasteiger partial charge in [0.05, 0.1) is 13.2 Å². The fourth-order valence-corrected chi connectivity index (χ4v) is 1.42. The van der Waals surface area contributed by atoms with E-state index < -0.39 is 0 Å². The average molecular weight is 209 g/mol. The van der Waals surface area contributed by atoms with Crippen LogP contribution in [0.5, 0.6) is 5.75 Å². The van der Waals surface area contributed by atoms with E-state index in [1.165, 1.54) is 0 Å². The Morgan fingerprint density at radius 2 is 2.20 bits per heavy atom. The van der Waals surface area contributed by atoms with Crippen molar-refractivity contribution >= 4 is 5.69 Å². The van der Waals surface area contributed by atoms with E-state index in [4.69, 9.17) is 9.47 Å². The first-order valence-corrected chi connectivity index (χ1v) is 5.24. The number of ether oxygens (including phenoxy) is 2. The van der Waals surface area contributed by atoms with Crippen LogP contribution in [-0.4, -0.2) is 26.4 Å². The minimum atomic E-state index is 0.298. The highest BCUT2D eigenvalue weighted by Crippen LogP contribution is 2.17. The predicted octanol–water partition coefficient (Wildman–Crippen LogP) is 2.53. The molecule has 0 radical (unpaired) electrons. The molecule has 3 heteroatoms. The van der Waals surface area contributed by atoms with E-state index in [0.717, 1.165) is 11.4 Å². The van der Waals surface area contributed by atoms with Crippen LogP contribution in [0.15, 0.2) is 24.3 Å². The summed E-state index contributed by atoms with van der Waals surface area (Å²) in [5.74, 6) is 0.895. The van der Waals surface area contributed by atoms with Gasteiger partial charge in [-0.2, -0.15) is 0 Å². The molecule has 0 heterocycles. The molecular formula is C12H19NO2. The maximum absolute atomic E-state index is 5.42. The molecule has 0 unspecified atom stereocenters. The summed E-state index contributed by atoms with van der Waals surface area (Å²) in [6.45, 7) is 5.44. The van der Waals surface area contributed by atoms with Crippen LogP contribution >= 0.6 is 0 Å². The predicted molar refractivity (Wildman–Crippen MR) is 62.6 cm³/mol. The smallest absolute Gasteiger partial charge is 0.121 e. The first-order valence-electron chi connectivity index (χ1n) is 5.24. The SMILES string of the molecule is CCOc1cccc(N[C@H](C)COC)c1. The van der Waals surface area contributed by atoms with Crippen molar-refractivity contribution in [2.75, 3.05) is 25.6 Å². The van der Waals surface area contributed by atoms with Crippen molar-refractivity contribution in [3.05, 3.63) is 24.3 Å². The standard InChI is InChI=1S/C12H19NO2/c1-4-15-12-7-5-6-11(8-12)13-10(2)9-14-3/h5-8,10,13H,4,9H2,1-3H3/t10-/m1/s1. The Hall–Kier alpha value is -1.22. The Kier molecular flexibility index (Phi) is 4.98. The molecule has 0 bridgehead atoms. The van der Waals surface area contributed by atoms with E-state index in [0.29, 0.717) is 19.3 Å². The van der Waals surface area contributed by atoms with Crippen molar-refractivity contribution in [1.82, 2.24) is 0 Å². The molecule has 0 aromatic heterocycles. The maximum Gasteiger partial charge on any atom is 0.121 e. The van der Waals surface area contributed by atoms with Crippen molar-refractivity contribution < 1.29 is 9.47 Å². The summed E-state index contributed by atoms with van der Waals surface area (Å²) in [5, 5.41) is 3.34. The van der Waals surface area contributed by atoms with E-state index in [-0.39, 0.29) is 0 Å². The average Bonchev–Trinajstić information content (AvgIpc) is 2.19. The number of rotatable bonds is 6. The number of hydrogen-bond donors (Lipinski definition) is 1. The molecule has 1 aromatic rings. The van der Waals surface area contributed by atoms with Gasteiger partial charge in [-0.1, -0.05) is 6.07 Å². The fraction of sp³-hybridized carbons (Fsp3) is 0.500. The second-order valence-corrected chi connectivity index (χ2v) is 3.46. The van der Waals surface area contributed by atoms with Crippen molar-refractivity contribution in [2.24, 2.45) is 0 Å². The van der Waals surface area contributed by atoms with Crippen molar-refractivity contribution in [2.45, 2.75) is 19.9 Å². The van der Waals surface area contributed by atoms with E-state index in [9.17, 15) is 0 Å². The number of nitrogens with one attached hydrogen (secondary N) is 1. The number of hydrogen-bond acceptors (Lipinski definition) is 3. The van der Waals surface area contributed by atoms with E-state index in [1.807, 2.05) is 31.2 Å². The van der Waals surface area contributed by atoms with Gasteiger partial charge in [0.25, 0.3) is 0 Å². The Bertz CT molecular complexity index is 289. The summed E-state index contributed by atoms with van der Waals surface area (Å²) >= 11 is 0. The van der Waals surface area contributed by atoms with Crippen LogP contribution in [0.4, 0.5) is 5.69 Å². The lowest BCUT2D eigenvalue weighted by atomic mass is 10.2. The van der Waals surface area contributed by atoms with Crippen LogP contribution in [0.1, 0.15) is 13.8 Å². The second-order valence-electron chi connectivity index (χ2n) is 3.46. The van der Waals surface area contributed by atoms with Crippen LogP contribution in [0.25, 0.3) is 0 Å². The highest BCUT2D eigenvalue weighted by molar-refractivity contribution is 5.48. The molecule has 0 aliphatic heterocycles. The molecule has 1 atom stereocenters. The van der Waals surface area contributed by atoms with Gasteiger partial charge in [-0.3, -0.25) is 0 Å². The van der Waals surface area contributed by atoms with Gasteiger partial charge in [0.15, 0.2) is 0 Å². The van der Waals surface area contributed by atoms with Crippen molar-refractivity contribution in [3.63, 3.8) is 0 Å². The molecule has 0 saturated heterocycles. The lowest BCUT2D eigenvalue weighted by Crippen LogP contribution is -2.20. The summed E-state index contributed by atoms with van der Waals surface area (Å²) in [7, 11) is 1.70. The highest BCUT2D eigenvalue weighted by atomic mass is 16.5. The summed E-state index contributed by atoms with van der Waals surface area (Å²) in [6, 6.07) is 8.25. The Labute approximate surface area is 91.4 Å². The molecule has 84 valence electrons. The second kappa shape index (κ2) is 6.30. The van der Waals surface area contributed by atoms with Gasteiger partial charge < -0.3 is 14.8 Å². The van der Waals surface area contributed by atoms with E-state index >= 15 is 0 Å². The molecule has 0 amide bonds. The fourth-order valence-electron chi connectivity index (χ4n) is 1.42. The molecule has 0 saturated carbocycles. The van der Waals surface area contributed by atoms with E-state index in [2.05, 4.69) is 12.2 Å². The first kappa shape index (κ1) is 11.9. The Morgan fingerprint density at radius 1 is 1.40 bits per heavy atom. The Morgan fingerprint density at radius 3 is 2.87 bits per heavy atom. The Balaban J connectivity index is 2.56. The quantitative estimate of drug-likeness (QED) is 0.781. The molecule has 0 fully saturated rings. The normalized spacial score (nSPS) is 12.2. The summed E-state index contributed by atoms with van der Waals surface area (Å²) in [5.41, 5.74) is 1.06. The molecule has 0 aliphatic carbocycles. The number of methoxy groups -OCH3 is 1. The summed E-state index contributed by atoms with van der Waals surface area (Å²) in [4.78, 5) is 0. The van der Waals surface area contributed by atoms with Gasteiger partial charge in [0, 0.05) is 24.9 Å². The number of anilines is 1. The summed E-state index contributed by atoms with van der Waals surface area (Å²) in [6.07, 6.45) is 0. The van der Waals surface area contributed by atoms with Crippen molar-refractivity contribution in [1.29, 1.82) is 0 Å². The molecule has 1 aromatic carbocycles. The van der Waals surface area contributed by atoms with Gasteiger partial charge in [0.1, 0.15) is 5.75 Å². The minimum Gasteiger partial charge on any atom is -0.494 e. The molecule has 0 spiro atoms. The van der Waals surface area contributed by atoms with E-state index in [1.54, 1.807) is 7.11 Å². The van der Waals surface area contributed by atoms with Gasteiger partial charge >= 0.3 is 0 Å².